The molecule has 7 heteroatoms. The van der Waals surface area contributed by atoms with Crippen LogP contribution in [0.15, 0.2) is 34.5 Å². The molecule has 0 saturated heterocycles. The van der Waals surface area contributed by atoms with Crippen LogP contribution in [0.1, 0.15) is 33.9 Å². The summed E-state index contributed by atoms with van der Waals surface area (Å²) >= 11 is 3.21. The molecule has 1 aromatic carbocycles. The van der Waals surface area contributed by atoms with Crippen molar-refractivity contribution in [2.24, 2.45) is 0 Å². The lowest BCUT2D eigenvalue weighted by atomic mass is 10.2. The van der Waals surface area contributed by atoms with Gasteiger partial charge in [0.05, 0.1) is 16.3 Å². The number of hydrogen-bond acceptors (Lipinski definition) is 5. The first-order chi connectivity index (χ1) is 11.5. The van der Waals surface area contributed by atoms with E-state index in [0.29, 0.717) is 18.5 Å². The van der Waals surface area contributed by atoms with Crippen molar-refractivity contribution in [3.8, 4) is 0 Å². The van der Waals surface area contributed by atoms with Gasteiger partial charge in [0.2, 0.25) is 0 Å². The maximum Gasteiger partial charge on any atom is 0.303 e. The van der Waals surface area contributed by atoms with E-state index in [2.05, 4.69) is 4.98 Å². The van der Waals surface area contributed by atoms with Gasteiger partial charge in [-0.3, -0.25) is 9.59 Å². The van der Waals surface area contributed by atoms with Crippen LogP contribution in [0.2, 0.25) is 0 Å². The number of thiazole rings is 1. The maximum absolute atomic E-state index is 12.6. The predicted molar refractivity (Wildman–Crippen MR) is 96.7 cm³/mol. The Morgan fingerprint density at radius 2 is 2.08 bits per heavy atom. The van der Waals surface area contributed by atoms with E-state index >= 15 is 0 Å². The Bertz CT molecular complexity index is 715. The zero-order chi connectivity index (χ0) is 17.5. The summed E-state index contributed by atoms with van der Waals surface area (Å²) in [5.41, 5.74) is 1.66. The van der Waals surface area contributed by atoms with E-state index in [-0.39, 0.29) is 12.3 Å². The summed E-state index contributed by atoms with van der Waals surface area (Å²) in [5.74, 6) is -0.208. The Morgan fingerprint density at radius 3 is 2.75 bits per heavy atom. The van der Waals surface area contributed by atoms with Gasteiger partial charge in [0.25, 0.3) is 5.91 Å². The number of benzene rings is 1. The number of aromatic nitrogens is 1. The highest BCUT2D eigenvalue weighted by molar-refractivity contribution is 7.98. The lowest BCUT2D eigenvalue weighted by Gasteiger charge is -2.18. The number of thioether (sulfide) groups is 1. The second kappa shape index (κ2) is 8.84. The Balaban J connectivity index is 2.01. The molecule has 0 atom stereocenters. The summed E-state index contributed by atoms with van der Waals surface area (Å²) in [5, 5.41) is 11.8. The molecule has 1 aromatic heterocycles. The minimum absolute atomic E-state index is 0.0667. The van der Waals surface area contributed by atoms with Gasteiger partial charge in [-0.2, -0.15) is 0 Å². The van der Waals surface area contributed by atoms with Crippen molar-refractivity contribution in [1.29, 1.82) is 0 Å². The number of carbonyl (C=O) groups excluding carboxylic acids is 1. The van der Waals surface area contributed by atoms with E-state index in [0.717, 1.165) is 21.3 Å². The molecule has 0 unspecified atom stereocenters. The van der Waals surface area contributed by atoms with E-state index in [1.165, 1.54) is 0 Å². The van der Waals surface area contributed by atoms with Gasteiger partial charge >= 0.3 is 5.97 Å². The summed E-state index contributed by atoms with van der Waals surface area (Å²) < 4.78 is 0. The number of aliphatic carboxylic acids is 1. The van der Waals surface area contributed by atoms with Gasteiger partial charge < -0.3 is 10.0 Å². The first-order valence-electron chi connectivity index (χ1n) is 7.57. The molecule has 0 aliphatic heterocycles. The molecule has 24 heavy (non-hydrogen) atoms. The van der Waals surface area contributed by atoms with Gasteiger partial charge in [-0.05, 0) is 25.5 Å². The number of nitrogens with zero attached hydrogens (tertiary/aromatic N) is 2. The molecular weight excluding hydrogens is 344 g/mol. The molecule has 0 radical (unpaired) electrons. The molecule has 0 spiro atoms. The summed E-state index contributed by atoms with van der Waals surface area (Å²) in [6.07, 6.45) is 0.516. The van der Waals surface area contributed by atoms with Crippen LogP contribution in [0.25, 0.3) is 0 Å². The largest absolute Gasteiger partial charge is 0.481 e. The highest BCUT2D eigenvalue weighted by Crippen LogP contribution is 2.27. The number of carbonyl (C=O) groups is 2. The maximum atomic E-state index is 12.6. The number of aryl methyl sites for hydroxylation is 1. The molecule has 2 rings (SSSR count). The number of amides is 1. The molecule has 0 saturated carbocycles. The van der Waals surface area contributed by atoms with Crippen molar-refractivity contribution in [1.82, 2.24) is 9.88 Å². The second-order valence-corrected chi connectivity index (χ2v) is 7.45. The Morgan fingerprint density at radius 1 is 1.33 bits per heavy atom. The van der Waals surface area contributed by atoms with Crippen LogP contribution in [0.4, 0.5) is 0 Å². The summed E-state index contributed by atoms with van der Waals surface area (Å²) in [6, 6.07) is 7.50. The fourth-order valence-corrected chi connectivity index (χ4v) is 3.83. The van der Waals surface area contributed by atoms with E-state index in [1.54, 1.807) is 35.0 Å². The molecule has 5 nitrogen and oxygen atoms in total. The molecule has 2 aromatic rings. The fraction of sp³-hybridized carbons (Fsp3) is 0.353. The average molecular weight is 364 g/mol. The van der Waals surface area contributed by atoms with Crippen LogP contribution in [-0.4, -0.2) is 40.5 Å². The van der Waals surface area contributed by atoms with Crippen LogP contribution >= 0.6 is 23.1 Å². The molecule has 0 bridgehead atoms. The standard InChI is InChI=1S/C17H20N2O3S2/c1-12-18-13(10-23-12)11-24-15-7-4-3-6-14(15)17(22)19(2)9-5-8-16(20)21/h3-4,6-7,10H,5,8-9,11H2,1-2H3,(H,20,21). The summed E-state index contributed by atoms with van der Waals surface area (Å²) in [7, 11) is 1.70. The van der Waals surface area contributed by atoms with E-state index in [9.17, 15) is 9.59 Å². The lowest BCUT2D eigenvalue weighted by molar-refractivity contribution is -0.137. The van der Waals surface area contributed by atoms with Crippen molar-refractivity contribution in [2.75, 3.05) is 13.6 Å². The first kappa shape index (κ1) is 18.5. The lowest BCUT2D eigenvalue weighted by Crippen LogP contribution is -2.28. The normalized spacial score (nSPS) is 10.6. The minimum Gasteiger partial charge on any atom is -0.481 e. The van der Waals surface area contributed by atoms with Crippen molar-refractivity contribution < 1.29 is 14.7 Å². The summed E-state index contributed by atoms with van der Waals surface area (Å²) in [6.45, 7) is 2.40. The average Bonchev–Trinajstić information content (AvgIpc) is 2.97. The quantitative estimate of drug-likeness (QED) is 0.724. The molecule has 128 valence electrons. The Labute approximate surface area is 149 Å². The fourth-order valence-electron chi connectivity index (χ4n) is 2.17. The van der Waals surface area contributed by atoms with Crippen LogP contribution in [0.3, 0.4) is 0 Å². The van der Waals surface area contributed by atoms with Crippen molar-refractivity contribution in [2.45, 2.75) is 30.4 Å². The Hall–Kier alpha value is -1.86. The Kier molecular flexibility index (Phi) is 6.81. The number of rotatable bonds is 8. The van der Waals surface area contributed by atoms with Gasteiger partial charge in [0.1, 0.15) is 0 Å². The zero-order valence-corrected chi connectivity index (χ0v) is 15.3. The molecule has 0 fully saturated rings. The summed E-state index contributed by atoms with van der Waals surface area (Å²) in [4.78, 5) is 30.1. The molecule has 1 heterocycles. The minimum atomic E-state index is -0.842. The van der Waals surface area contributed by atoms with Crippen LogP contribution in [-0.2, 0) is 10.5 Å². The zero-order valence-electron chi connectivity index (χ0n) is 13.7. The van der Waals surface area contributed by atoms with Crippen molar-refractivity contribution >= 4 is 35.0 Å². The third-order valence-corrected chi connectivity index (χ3v) is 5.32. The topological polar surface area (TPSA) is 70.5 Å². The van der Waals surface area contributed by atoms with Gasteiger partial charge in [0, 0.05) is 36.0 Å². The van der Waals surface area contributed by atoms with Gasteiger partial charge in [-0.25, -0.2) is 4.98 Å². The second-order valence-electron chi connectivity index (χ2n) is 5.37. The van der Waals surface area contributed by atoms with Gasteiger partial charge in [0.15, 0.2) is 0 Å². The monoisotopic (exact) mass is 364 g/mol. The predicted octanol–water partition coefficient (Wildman–Crippen LogP) is 3.68. The molecule has 1 amide bonds. The van der Waals surface area contributed by atoms with Gasteiger partial charge in [-0.15, -0.1) is 23.1 Å². The van der Waals surface area contributed by atoms with E-state index < -0.39 is 5.97 Å². The number of hydrogen-bond donors (Lipinski definition) is 1. The molecule has 1 N–H and O–H groups in total. The van der Waals surface area contributed by atoms with Crippen LogP contribution < -0.4 is 0 Å². The smallest absolute Gasteiger partial charge is 0.303 e. The highest BCUT2D eigenvalue weighted by atomic mass is 32.2. The molecular formula is C17H20N2O3S2. The molecule has 0 aliphatic carbocycles. The third-order valence-electron chi connectivity index (χ3n) is 3.39. The number of carboxylic acid groups (broad SMARTS) is 1. The number of carboxylic acids is 1. The third kappa shape index (κ3) is 5.35. The van der Waals surface area contributed by atoms with Crippen LogP contribution in [0, 0.1) is 6.92 Å². The first-order valence-corrected chi connectivity index (χ1v) is 9.44. The van der Waals surface area contributed by atoms with Crippen molar-refractivity contribution in [3.63, 3.8) is 0 Å². The van der Waals surface area contributed by atoms with E-state index in [4.69, 9.17) is 5.11 Å². The van der Waals surface area contributed by atoms with Crippen molar-refractivity contribution in [3.05, 3.63) is 45.9 Å². The highest BCUT2D eigenvalue weighted by Gasteiger charge is 2.16. The molecule has 0 aliphatic rings. The van der Waals surface area contributed by atoms with Crippen LogP contribution in [0.5, 0.6) is 0 Å². The van der Waals surface area contributed by atoms with E-state index in [1.807, 2.05) is 36.6 Å². The SMILES string of the molecule is Cc1nc(CSc2ccccc2C(=O)N(C)CCCC(=O)O)cs1. The van der Waals surface area contributed by atoms with Gasteiger partial charge in [-0.1, -0.05) is 12.1 Å².